The minimum absolute atomic E-state index is 0. The summed E-state index contributed by atoms with van der Waals surface area (Å²) in [5, 5.41) is 205. The minimum Gasteiger partial charge on any atom is -1.00 e. The van der Waals surface area contributed by atoms with Crippen molar-refractivity contribution in [2.24, 2.45) is 0 Å². The minimum atomic E-state index is -1.50. The van der Waals surface area contributed by atoms with E-state index in [0.29, 0.717) is 0 Å². The summed E-state index contributed by atoms with van der Waals surface area (Å²) in [6.45, 7) is 0. The summed E-state index contributed by atoms with van der Waals surface area (Å²) in [5.74, 6) is 0. The maximum Gasteiger partial charge on any atom is 2.00 e. The summed E-state index contributed by atoms with van der Waals surface area (Å²) in [4.78, 5) is 125. The molecule has 60 nitrogen and oxygen atoms in total. The second-order valence-corrected chi connectivity index (χ2v) is 3.57. The molecule has 0 aliphatic carbocycles. The van der Waals surface area contributed by atoms with Crippen LogP contribution in [-0.2, 0) is 0 Å². The molecule has 0 saturated heterocycles. The van der Waals surface area contributed by atoms with Gasteiger partial charge < -0.3 is 89.5 Å². The van der Waals surface area contributed by atoms with Crippen molar-refractivity contribution in [3.63, 3.8) is 0 Å². The molecule has 376 valence electrons. The molecule has 0 aromatic heterocycles. The van der Waals surface area contributed by atoms with E-state index in [4.69, 9.17) is 230 Å². The molecule has 0 radical (unpaired) electrons. The SMILES string of the molecule is O=[N+]([O-])O.O=[N+]([O-])O.O=[N+]([O-])O.O=[N+]([O-])O.O=[N+]([O-])O.O=[N+]([O-])O.O=[N+]([O-])O.O=[N+]([O-])O.O=[N+]([O-])O.O=[N+]([O-])O.O=[N+]([O-])O.O=[N+]([O-])O.O=[N+]([O-])O.O=[N+]([O-])O.O=[N+]([O-])O.[Ca+2].[Ca+2].[Ca+2].[Ca+2].[H-].[H-].[H-].[H-].[H-].[H-].[H-].[H-]. The van der Waals surface area contributed by atoms with E-state index >= 15 is 0 Å². The molecule has 0 aromatic carbocycles. The standard InChI is InChI=1S/4Ca.15HNO3.8H/c;;;;15*2-1(3)4;;;;;;;;/h;;;;15*(H,2,3,4);;;;;;;;/q4*+2;;;;;;;;;;;;;;;;8*-1. The van der Waals surface area contributed by atoms with Crippen LogP contribution in [0.5, 0.6) is 0 Å². The van der Waals surface area contributed by atoms with E-state index in [-0.39, 0.29) is 162 Å². The molecular weight excluding hydrogens is 1090 g/mol. The summed E-state index contributed by atoms with van der Waals surface area (Å²) >= 11 is 0. The summed E-state index contributed by atoms with van der Waals surface area (Å²) in [5.41, 5.74) is 0. The maximum atomic E-state index is 8.36. The smallest absolute Gasteiger partial charge is 1.00 e. The topological polar surface area (TPSA) is 951 Å². The Balaban J connectivity index is -0.0000000119. The molecule has 0 rings (SSSR count). The zero-order valence-corrected chi connectivity index (χ0v) is 37.3. The fraction of sp³-hybridized carbons (Fsp3) is 0. The first-order chi connectivity index (χ1) is 26.0. The van der Waals surface area contributed by atoms with Crippen molar-refractivity contribution in [2.75, 3.05) is 0 Å². The monoisotopic (exact) mass is 1110 g/mol. The van der Waals surface area contributed by atoms with E-state index in [0.717, 1.165) is 0 Å². The zero-order valence-electron chi connectivity index (χ0n) is 36.5. The van der Waals surface area contributed by atoms with Gasteiger partial charge in [0.2, 0.25) is 0 Å². The van der Waals surface area contributed by atoms with Gasteiger partial charge in [-0.15, -0.1) is 152 Å². The number of rotatable bonds is 0. The van der Waals surface area contributed by atoms with Gasteiger partial charge in [-0.1, -0.05) is 0 Å². The van der Waals surface area contributed by atoms with Gasteiger partial charge in [0.25, 0.3) is 76.3 Å². The molecule has 0 spiro atoms. The molecule has 0 amide bonds. The molecule has 0 unspecified atom stereocenters. The van der Waals surface area contributed by atoms with Crippen LogP contribution >= 0.6 is 0 Å². The van der Waals surface area contributed by atoms with Gasteiger partial charge in [0.1, 0.15) is 0 Å². The van der Waals surface area contributed by atoms with E-state index in [1.54, 1.807) is 0 Å². The van der Waals surface area contributed by atoms with Crippen LogP contribution in [0.25, 0.3) is 0 Å². The Bertz CT molecular complexity index is 803. The van der Waals surface area contributed by atoms with E-state index in [1.165, 1.54) is 0 Å². The molecule has 64 heteroatoms. The fourth-order valence-corrected chi connectivity index (χ4v) is 0. The van der Waals surface area contributed by atoms with E-state index in [9.17, 15) is 0 Å². The molecule has 0 bridgehead atoms. The first kappa shape index (κ1) is 124. The van der Waals surface area contributed by atoms with Crippen molar-refractivity contribution >= 4 is 151 Å². The number of hydrogen-bond donors (Lipinski definition) is 15. The van der Waals surface area contributed by atoms with Crippen LogP contribution in [0.3, 0.4) is 0 Å². The summed E-state index contributed by atoms with van der Waals surface area (Å²) < 4.78 is 0. The molecule has 0 aliphatic heterocycles. The Labute approximate surface area is 464 Å². The van der Waals surface area contributed by atoms with Crippen molar-refractivity contribution < 1.29 is 166 Å². The van der Waals surface area contributed by atoms with E-state index in [1.807, 2.05) is 0 Å². The number of hydrogen-bond acceptors (Lipinski definition) is 30. The Hall–Kier alpha value is -6.96. The van der Waals surface area contributed by atoms with Crippen LogP contribution in [0.15, 0.2) is 0 Å². The Morgan fingerprint density at radius 1 is 0.156 bits per heavy atom. The first-order valence-corrected chi connectivity index (χ1v) is 8.48. The largest absolute Gasteiger partial charge is 2.00 e. The summed E-state index contributed by atoms with van der Waals surface area (Å²) in [7, 11) is 0. The number of nitrogens with zero attached hydrogens (tertiary/aromatic N) is 15. The van der Waals surface area contributed by atoms with Gasteiger partial charge in [-0.3, -0.25) is 0 Å². The van der Waals surface area contributed by atoms with Crippen LogP contribution in [0.1, 0.15) is 11.4 Å². The molecule has 0 saturated carbocycles. The average molecular weight is 1110 g/mol. The van der Waals surface area contributed by atoms with Crippen LogP contribution in [0, 0.1) is 152 Å². The molecule has 0 aromatic rings. The van der Waals surface area contributed by atoms with Gasteiger partial charge >= 0.3 is 151 Å². The third-order valence-electron chi connectivity index (χ3n) is 0. The maximum absolute atomic E-state index is 8.36. The van der Waals surface area contributed by atoms with Gasteiger partial charge in [0.15, 0.2) is 0 Å². The third-order valence-corrected chi connectivity index (χ3v) is 0. The molecule has 64 heavy (non-hydrogen) atoms. The third kappa shape index (κ3) is 3320. The normalized spacial score (nSPS) is 5.62. The molecule has 0 heterocycles. The average Bonchev–Trinajstić information content (AvgIpc) is 2.78. The second-order valence-electron chi connectivity index (χ2n) is 3.57. The molecule has 15 N–H and O–H groups in total. The van der Waals surface area contributed by atoms with Crippen LogP contribution < -0.4 is 0 Å². The van der Waals surface area contributed by atoms with Gasteiger partial charge in [-0.2, -0.15) is 0 Å². The Kier molecular flexibility index (Phi) is 227. The Morgan fingerprint density at radius 3 is 0.156 bits per heavy atom. The van der Waals surface area contributed by atoms with Crippen LogP contribution in [0.4, 0.5) is 0 Å². The Morgan fingerprint density at radius 2 is 0.156 bits per heavy atom. The van der Waals surface area contributed by atoms with Gasteiger partial charge in [0.05, 0.1) is 0 Å². The van der Waals surface area contributed by atoms with Crippen molar-refractivity contribution in [3.8, 4) is 0 Å². The van der Waals surface area contributed by atoms with E-state index in [2.05, 4.69) is 0 Å². The van der Waals surface area contributed by atoms with Gasteiger partial charge in [-0.05, 0) is 0 Å². The second kappa shape index (κ2) is 117. The molecule has 0 aliphatic rings. The van der Waals surface area contributed by atoms with E-state index < -0.39 is 76.3 Å². The molecule has 0 fully saturated rings. The van der Waals surface area contributed by atoms with Gasteiger partial charge in [0, 0.05) is 0 Å². The fourth-order valence-electron chi connectivity index (χ4n) is 0. The van der Waals surface area contributed by atoms with Gasteiger partial charge in [-0.25, -0.2) is 0 Å². The van der Waals surface area contributed by atoms with Crippen molar-refractivity contribution in [3.05, 3.63) is 152 Å². The predicted molar refractivity (Wildman–Crippen MR) is 164 cm³/mol. The first-order valence-electron chi connectivity index (χ1n) is 8.48. The summed E-state index contributed by atoms with van der Waals surface area (Å²) in [6, 6.07) is 0. The molecule has 0 atom stereocenters. The van der Waals surface area contributed by atoms with Crippen molar-refractivity contribution in [1.29, 1.82) is 0 Å². The molecular formula is H23Ca4N15O45. The zero-order chi connectivity index (χ0) is 53.7. The van der Waals surface area contributed by atoms with Crippen molar-refractivity contribution in [2.45, 2.75) is 0 Å². The van der Waals surface area contributed by atoms with Crippen molar-refractivity contribution in [1.82, 2.24) is 0 Å². The van der Waals surface area contributed by atoms with Crippen LogP contribution in [-0.4, -0.2) is 305 Å². The summed E-state index contributed by atoms with van der Waals surface area (Å²) in [6.07, 6.45) is 0. The predicted octanol–water partition coefficient (Wildman–Crippen LogP) is -5.84. The quantitative estimate of drug-likeness (QED) is 0.0610. The van der Waals surface area contributed by atoms with Crippen LogP contribution in [0.2, 0.25) is 0 Å².